The van der Waals surface area contributed by atoms with Crippen molar-refractivity contribution in [3.63, 3.8) is 0 Å². The number of nitrogens with zero attached hydrogens (tertiary/aromatic N) is 2. The molecule has 0 atom stereocenters. The van der Waals surface area contributed by atoms with Crippen LogP contribution in [0.25, 0.3) is 0 Å². The van der Waals surface area contributed by atoms with Crippen LogP contribution in [0.15, 0.2) is 29.2 Å². The molecule has 1 aromatic rings. The van der Waals surface area contributed by atoms with Gasteiger partial charge in [0.1, 0.15) is 0 Å². The first-order chi connectivity index (χ1) is 11.1. The van der Waals surface area contributed by atoms with Crippen LogP contribution in [0.4, 0.5) is 13.2 Å². The molecule has 1 aliphatic heterocycles. The zero-order chi connectivity index (χ0) is 18.0. The molecule has 2 rings (SSSR count). The SMILES string of the molecule is CN(CC(=O)N1CCNCC1)S(=O)(=O)c1cccc(C(F)(F)F)c1. The predicted octanol–water partition coefficient (Wildman–Crippen LogP) is 0.758. The Morgan fingerprint density at radius 1 is 1.29 bits per heavy atom. The molecule has 1 heterocycles. The van der Waals surface area contributed by atoms with Gasteiger partial charge in [0.2, 0.25) is 15.9 Å². The number of amides is 1. The number of likely N-dealkylation sites (N-methyl/N-ethyl adjacent to an activating group) is 1. The summed E-state index contributed by atoms with van der Waals surface area (Å²) in [7, 11) is -3.01. The van der Waals surface area contributed by atoms with Crippen LogP contribution in [0, 0.1) is 0 Å². The lowest BCUT2D eigenvalue weighted by Gasteiger charge is -2.29. The van der Waals surface area contributed by atoms with Gasteiger partial charge in [0.15, 0.2) is 0 Å². The number of piperazine rings is 1. The van der Waals surface area contributed by atoms with E-state index in [4.69, 9.17) is 0 Å². The molecule has 0 saturated carbocycles. The first kappa shape index (κ1) is 18.7. The van der Waals surface area contributed by atoms with Crippen molar-refractivity contribution in [2.45, 2.75) is 11.1 Å². The molecule has 1 aliphatic rings. The third-order valence-electron chi connectivity index (χ3n) is 3.70. The van der Waals surface area contributed by atoms with E-state index < -0.39 is 33.2 Å². The summed E-state index contributed by atoms with van der Waals surface area (Å²) in [5.74, 6) is -0.380. The smallest absolute Gasteiger partial charge is 0.339 e. The summed E-state index contributed by atoms with van der Waals surface area (Å²) >= 11 is 0. The number of carbonyl (C=O) groups excluding carboxylic acids is 1. The minimum absolute atomic E-state index is 0.380. The largest absolute Gasteiger partial charge is 0.416 e. The molecule has 0 bridgehead atoms. The van der Waals surface area contributed by atoms with E-state index in [1.165, 1.54) is 11.9 Å². The molecule has 1 amide bonds. The molecule has 0 aliphatic carbocycles. The van der Waals surface area contributed by atoms with Crippen molar-refractivity contribution in [2.75, 3.05) is 39.8 Å². The minimum Gasteiger partial charge on any atom is -0.339 e. The molecule has 1 aromatic carbocycles. The van der Waals surface area contributed by atoms with Crippen molar-refractivity contribution in [3.05, 3.63) is 29.8 Å². The van der Waals surface area contributed by atoms with Gasteiger partial charge < -0.3 is 10.2 Å². The molecule has 0 radical (unpaired) electrons. The van der Waals surface area contributed by atoms with Crippen LogP contribution in [0.2, 0.25) is 0 Å². The van der Waals surface area contributed by atoms with Gasteiger partial charge in [-0.1, -0.05) is 6.07 Å². The lowest BCUT2D eigenvalue weighted by atomic mass is 10.2. The Morgan fingerprint density at radius 3 is 2.50 bits per heavy atom. The van der Waals surface area contributed by atoms with Gasteiger partial charge >= 0.3 is 6.18 Å². The van der Waals surface area contributed by atoms with Gasteiger partial charge in [-0.2, -0.15) is 17.5 Å². The molecule has 24 heavy (non-hydrogen) atoms. The quantitative estimate of drug-likeness (QED) is 0.855. The van der Waals surface area contributed by atoms with Crippen molar-refractivity contribution in [1.82, 2.24) is 14.5 Å². The first-order valence-electron chi connectivity index (χ1n) is 7.24. The number of halogens is 3. The number of hydrogen-bond acceptors (Lipinski definition) is 4. The second-order valence-electron chi connectivity index (χ2n) is 5.42. The molecular formula is C14H18F3N3O3S. The third-order valence-corrected chi connectivity index (χ3v) is 5.50. The molecule has 0 spiro atoms. The van der Waals surface area contributed by atoms with Gasteiger partial charge in [-0.3, -0.25) is 4.79 Å². The van der Waals surface area contributed by atoms with Gasteiger partial charge in [0, 0.05) is 33.2 Å². The van der Waals surface area contributed by atoms with Crippen molar-refractivity contribution >= 4 is 15.9 Å². The Balaban J connectivity index is 2.15. The average molecular weight is 365 g/mol. The highest BCUT2D eigenvalue weighted by Gasteiger charge is 2.33. The van der Waals surface area contributed by atoms with Crippen molar-refractivity contribution in [1.29, 1.82) is 0 Å². The van der Waals surface area contributed by atoms with E-state index in [1.54, 1.807) is 0 Å². The maximum absolute atomic E-state index is 12.7. The Kier molecular flexibility index (Phi) is 5.51. The molecular weight excluding hydrogens is 347 g/mol. The molecule has 10 heteroatoms. The zero-order valence-corrected chi connectivity index (χ0v) is 13.8. The normalized spacial score (nSPS) is 16.5. The van der Waals surface area contributed by atoms with Crippen molar-refractivity contribution < 1.29 is 26.4 Å². The topological polar surface area (TPSA) is 69.7 Å². The molecule has 6 nitrogen and oxygen atoms in total. The maximum Gasteiger partial charge on any atom is 0.416 e. The number of carbonyl (C=O) groups is 1. The van der Waals surface area contributed by atoms with Crippen LogP contribution in [0.1, 0.15) is 5.56 Å². The van der Waals surface area contributed by atoms with Crippen molar-refractivity contribution in [2.24, 2.45) is 0 Å². The summed E-state index contributed by atoms with van der Waals surface area (Å²) in [4.78, 5) is 13.2. The summed E-state index contributed by atoms with van der Waals surface area (Å²) in [6, 6.07) is 3.48. The second-order valence-corrected chi connectivity index (χ2v) is 7.46. The average Bonchev–Trinajstić information content (AvgIpc) is 2.55. The van der Waals surface area contributed by atoms with E-state index in [9.17, 15) is 26.4 Å². The van der Waals surface area contributed by atoms with Crippen LogP contribution < -0.4 is 5.32 Å². The molecule has 0 unspecified atom stereocenters. The zero-order valence-electron chi connectivity index (χ0n) is 13.0. The van der Waals surface area contributed by atoms with Gasteiger partial charge in [0.05, 0.1) is 17.0 Å². The lowest BCUT2D eigenvalue weighted by molar-refractivity contribution is -0.137. The van der Waals surface area contributed by atoms with Crippen LogP contribution in [0.3, 0.4) is 0 Å². The Labute approximate surface area is 138 Å². The lowest BCUT2D eigenvalue weighted by Crippen LogP contribution is -2.49. The Bertz CT molecular complexity index is 701. The monoisotopic (exact) mass is 365 g/mol. The fraction of sp³-hybridized carbons (Fsp3) is 0.500. The molecule has 134 valence electrons. The van der Waals surface area contributed by atoms with Gasteiger partial charge in [-0.25, -0.2) is 8.42 Å². The summed E-state index contributed by atoms with van der Waals surface area (Å²) < 4.78 is 63.8. The van der Waals surface area contributed by atoms with E-state index >= 15 is 0 Å². The number of sulfonamides is 1. The van der Waals surface area contributed by atoms with E-state index in [2.05, 4.69) is 5.32 Å². The van der Waals surface area contributed by atoms with Gasteiger partial charge in [-0.15, -0.1) is 0 Å². The summed E-state index contributed by atoms with van der Waals surface area (Å²) in [6.45, 7) is 1.76. The Morgan fingerprint density at radius 2 is 1.92 bits per heavy atom. The molecule has 1 saturated heterocycles. The highest BCUT2D eigenvalue weighted by molar-refractivity contribution is 7.89. The fourth-order valence-corrected chi connectivity index (χ4v) is 3.47. The first-order valence-corrected chi connectivity index (χ1v) is 8.68. The molecule has 1 fully saturated rings. The number of rotatable bonds is 4. The van der Waals surface area contributed by atoms with Gasteiger partial charge in [0.25, 0.3) is 0 Å². The summed E-state index contributed by atoms with van der Waals surface area (Å²) in [5, 5.41) is 3.07. The maximum atomic E-state index is 12.7. The van der Waals surface area contributed by atoms with Crippen LogP contribution in [-0.2, 0) is 21.0 Å². The standard InChI is InChI=1S/C14H18F3N3O3S/c1-19(10-13(21)20-7-5-18-6-8-20)24(22,23)12-4-2-3-11(9-12)14(15,16)17/h2-4,9,18H,5-8,10H2,1H3. The Hall–Kier alpha value is -1.65. The highest BCUT2D eigenvalue weighted by atomic mass is 32.2. The number of nitrogens with one attached hydrogen (secondary N) is 1. The van der Waals surface area contributed by atoms with Crippen molar-refractivity contribution in [3.8, 4) is 0 Å². The van der Waals surface area contributed by atoms with Crippen LogP contribution in [-0.4, -0.2) is 63.3 Å². The van der Waals surface area contributed by atoms with Gasteiger partial charge in [-0.05, 0) is 18.2 Å². The van der Waals surface area contributed by atoms with Crippen LogP contribution >= 0.6 is 0 Å². The molecule has 0 aromatic heterocycles. The number of benzene rings is 1. The van der Waals surface area contributed by atoms with Crippen LogP contribution in [0.5, 0.6) is 0 Å². The fourth-order valence-electron chi connectivity index (χ4n) is 2.30. The summed E-state index contributed by atoms with van der Waals surface area (Å²) in [6.07, 6.45) is -4.64. The summed E-state index contributed by atoms with van der Waals surface area (Å²) in [5.41, 5.74) is -1.05. The minimum atomic E-state index is -4.64. The highest BCUT2D eigenvalue weighted by Crippen LogP contribution is 2.30. The molecule has 1 N–H and O–H groups in total. The number of alkyl halides is 3. The number of hydrogen-bond donors (Lipinski definition) is 1. The van der Waals surface area contributed by atoms with E-state index in [-0.39, 0.29) is 5.91 Å². The van der Waals surface area contributed by atoms with E-state index in [0.29, 0.717) is 32.2 Å². The van der Waals surface area contributed by atoms with E-state index in [0.717, 1.165) is 22.5 Å². The predicted molar refractivity (Wildman–Crippen MR) is 80.7 cm³/mol. The third kappa shape index (κ3) is 4.25. The second kappa shape index (κ2) is 7.08. The van der Waals surface area contributed by atoms with E-state index in [1.807, 2.05) is 0 Å².